The van der Waals surface area contributed by atoms with E-state index in [-0.39, 0.29) is 23.1 Å². The summed E-state index contributed by atoms with van der Waals surface area (Å²) < 4.78 is 11.8. The molecule has 4 aromatic rings. The predicted octanol–water partition coefficient (Wildman–Crippen LogP) is 12.7. The summed E-state index contributed by atoms with van der Waals surface area (Å²) in [6, 6.07) is 28.8. The number of carbonyl (C=O) groups is 2. The molecule has 7 rings (SSSR count). The molecule has 0 bridgehead atoms. The number of aliphatic hydroxyl groups excluding tert-OH is 2. The van der Waals surface area contributed by atoms with E-state index in [1.165, 1.54) is 11.1 Å². The molecule has 0 aromatic heterocycles. The summed E-state index contributed by atoms with van der Waals surface area (Å²) in [6.45, 7) is 26.2. The Bertz CT molecular complexity index is 2240. The molecule has 0 spiro atoms. The van der Waals surface area contributed by atoms with Gasteiger partial charge in [0.25, 0.3) is 0 Å². The van der Waals surface area contributed by atoms with E-state index in [4.69, 9.17) is 9.47 Å². The highest BCUT2D eigenvalue weighted by Crippen LogP contribution is 2.48. The van der Waals surface area contributed by atoms with Crippen LogP contribution in [0.1, 0.15) is 121 Å². The number of carbonyl (C=O) groups excluding carboxylic acids is 2. The molecule has 57 heavy (non-hydrogen) atoms. The Morgan fingerprint density at radius 1 is 0.561 bits per heavy atom. The topological polar surface area (TPSA) is 93.1 Å². The molecule has 0 amide bonds. The van der Waals surface area contributed by atoms with Crippen LogP contribution in [0.15, 0.2) is 103 Å². The molecule has 0 unspecified atom stereocenters. The van der Waals surface area contributed by atoms with Crippen molar-refractivity contribution < 1.29 is 29.3 Å². The quantitative estimate of drug-likeness (QED) is 0.203. The zero-order chi connectivity index (χ0) is 42.2. The minimum Gasteiger partial charge on any atom is -0.508 e. The largest absolute Gasteiger partial charge is 0.508 e. The minimum absolute atomic E-state index is 0.0276. The van der Waals surface area contributed by atoms with Gasteiger partial charge >= 0.3 is 0 Å². The minimum atomic E-state index is -1.02. The molecule has 4 aromatic carbocycles. The van der Waals surface area contributed by atoms with Crippen LogP contribution in [0.2, 0.25) is 0 Å². The van der Waals surface area contributed by atoms with Crippen LogP contribution in [0.3, 0.4) is 0 Å². The van der Waals surface area contributed by atoms with Gasteiger partial charge in [0.1, 0.15) is 33.9 Å². The summed E-state index contributed by atoms with van der Waals surface area (Å²) in [5.41, 5.74) is 6.91. The van der Waals surface area contributed by atoms with Crippen LogP contribution < -0.4 is 0 Å². The lowest BCUT2D eigenvalue weighted by Gasteiger charge is -2.41. The number of ketones is 2. The van der Waals surface area contributed by atoms with Gasteiger partial charge in [0.15, 0.2) is 11.6 Å². The van der Waals surface area contributed by atoms with Crippen molar-refractivity contribution in [2.45, 2.75) is 124 Å². The lowest BCUT2D eigenvalue weighted by molar-refractivity contribution is -0.158. The maximum atomic E-state index is 13.3. The second-order valence-electron chi connectivity index (χ2n) is 17.2. The van der Waals surface area contributed by atoms with Gasteiger partial charge in [0.2, 0.25) is 0 Å². The molecule has 0 saturated heterocycles. The first-order chi connectivity index (χ1) is 26.7. The van der Waals surface area contributed by atoms with Crippen LogP contribution in [-0.2, 0) is 19.1 Å². The Balaban J connectivity index is 0.000000209. The number of benzene rings is 4. The monoisotopic (exact) mass is 768 g/mol. The van der Waals surface area contributed by atoms with E-state index >= 15 is 0 Å². The van der Waals surface area contributed by atoms with Crippen molar-refractivity contribution in [3.63, 3.8) is 0 Å². The normalized spacial score (nSPS) is 19.2. The molecule has 2 N–H and O–H groups in total. The van der Waals surface area contributed by atoms with Crippen molar-refractivity contribution in [3.05, 3.63) is 136 Å². The predicted molar refractivity (Wildman–Crippen MR) is 234 cm³/mol. The number of ether oxygens (including phenoxy) is 2. The smallest absolute Gasteiger partial charge is 0.198 e. The molecule has 3 aliphatic rings. The number of aryl methyl sites for hydroxylation is 2. The van der Waals surface area contributed by atoms with Crippen molar-refractivity contribution >= 4 is 28.8 Å². The Morgan fingerprint density at radius 2 is 0.930 bits per heavy atom. The van der Waals surface area contributed by atoms with Crippen LogP contribution in [0.25, 0.3) is 39.5 Å². The van der Waals surface area contributed by atoms with Gasteiger partial charge in [-0.05, 0) is 145 Å². The first-order valence-corrected chi connectivity index (χ1v) is 20.1. The van der Waals surface area contributed by atoms with Gasteiger partial charge in [0, 0.05) is 0 Å². The molecule has 1 aliphatic carbocycles. The van der Waals surface area contributed by atoms with Crippen molar-refractivity contribution in [3.8, 4) is 22.3 Å². The highest BCUT2D eigenvalue weighted by atomic mass is 16.5. The Morgan fingerprint density at radius 3 is 1.33 bits per heavy atom. The van der Waals surface area contributed by atoms with E-state index in [1.54, 1.807) is 47.6 Å². The van der Waals surface area contributed by atoms with Crippen LogP contribution in [-0.4, -0.2) is 44.2 Å². The van der Waals surface area contributed by atoms with Crippen LogP contribution in [0.5, 0.6) is 0 Å². The first-order valence-electron chi connectivity index (χ1n) is 20.1. The highest BCUT2D eigenvalue weighted by Gasteiger charge is 2.49. The number of hydrogen-bond donors (Lipinski definition) is 2. The average Bonchev–Trinajstić information content (AvgIpc) is 4.01. The molecule has 1 saturated carbocycles. The summed E-state index contributed by atoms with van der Waals surface area (Å²) in [4.78, 5) is 26.4. The summed E-state index contributed by atoms with van der Waals surface area (Å²) in [6.07, 6.45) is 3.96. The van der Waals surface area contributed by atoms with Crippen LogP contribution in [0, 0.1) is 13.8 Å². The maximum absolute atomic E-state index is 13.3. The second kappa shape index (κ2) is 16.1. The number of rotatable bonds is 6. The molecule has 2 heterocycles. The molecule has 6 heteroatoms. The molecule has 0 atom stereocenters. The summed E-state index contributed by atoms with van der Waals surface area (Å²) >= 11 is 0. The van der Waals surface area contributed by atoms with Gasteiger partial charge in [-0.15, -0.1) is 0 Å². The summed E-state index contributed by atoms with van der Waals surface area (Å²) in [5, 5.41) is 21.9. The first kappa shape index (κ1) is 43.1. The zero-order valence-electron chi connectivity index (χ0n) is 35.9. The molecule has 1 fully saturated rings. The Kier molecular flexibility index (Phi) is 12.2. The van der Waals surface area contributed by atoms with E-state index in [9.17, 15) is 19.8 Å². The third kappa shape index (κ3) is 8.78. The van der Waals surface area contributed by atoms with Gasteiger partial charge in [-0.1, -0.05) is 110 Å². The van der Waals surface area contributed by atoms with Crippen molar-refractivity contribution in [2.75, 3.05) is 0 Å². The van der Waals surface area contributed by atoms with E-state index in [0.29, 0.717) is 22.6 Å². The Labute approximate surface area is 340 Å². The fourth-order valence-corrected chi connectivity index (χ4v) is 7.71. The van der Waals surface area contributed by atoms with Gasteiger partial charge in [0.05, 0.1) is 11.1 Å². The number of Topliss-reactive ketones (excluding diaryl/α,β-unsaturated/α-hetero) is 2. The van der Waals surface area contributed by atoms with Crippen molar-refractivity contribution in [1.29, 1.82) is 0 Å². The molecule has 2 aliphatic heterocycles. The average molecular weight is 769 g/mol. The molecule has 0 radical (unpaired) electrons. The summed E-state index contributed by atoms with van der Waals surface area (Å²) in [5.74, 6) is 0.0516. The van der Waals surface area contributed by atoms with E-state index < -0.39 is 22.4 Å². The lowest BCUT2D eigenvalue weighted by Crippen LogP contribution is -2.49. The maximum Gasteiger partial charge on any atom is 0.198 e. The highest BCUT2D eigenvalue weighted by molar-refractivity contribution is 6.27. The van der Waals surface area contributed by atoms with E-state index in [1.807, 2.05) is 52.8 Å². The zero-order valence-corrected chi connectivity index (χ0v) is 35.9. The SMILES string of the molecule is C=Cc1ccc(-c2ccc(C)cc2)cc1C1=C(O)C(C)(C)OC(C)(C)C1=O.CC.Cc1ccc(-c2ccc(C3CC3)c(C3=C(O)C(C)(C)OC(C)(C)C3=O)c2)cc1. The van der Waals surface area contributed by atoms with Gasteiger partial charge in [-0.25, -0.2) is 0 Å². The lowest BCUT2D eigenvalue weighted by atomic mass is 9.80. The third-order valence-electron chi connectivity index (χ3n) is 10.8. The van der Waals surface area contributed by atoms with E-state index in [2.05, 4.69) is 80.2 Å². The molecule has 300 valence electrons. The van der Waals surface area contributed by atoms with Gasteiger partial charge in [-0.2, -0.15) is 0 Å². The summed E-state index contributed by atoms with van der Waals surface area (Å²) in [7, 11) is 0. The number of aliphatic hydroxyl groups is 2. The van der Waals surface area contributed by atoms with Gasteiger partial charge in [-0.3, -0.25) is 9.59 Å². The standard InChI is InChI=1S/C25H28O3.C24H26O3.C2H6/c1-15-6-8-16(9-7-15)18-12-13-19(17-10-11-17)20(14-18)21-22(26)24(2,3)28-25(4,5)23(21)27;1-7-16-12-13-18(17-10-8-15(2)9-11-17)14-19(16)20-21(25)23(3,4)27-24(5,6)22(20)26;1-2/h6-9,12-14,17,26H,10-11H2,1-5H3;7-14,25H,1H2,2-6H3;1-2H3. The van der Waals surface area contributed by atoms with Crippen molar-refractivity contribution in [2.24, 2.45) is 0 Å². The van der Waals surface area contributed by atoms with Crippen LogP contribution >= 0.6 is 0 Å². The molecular formula is C51H60O6. The van der Waals surface area contributed by atoms with E-state index in [0.717, 1.165) is 51.8 Å². The van der Waals surface area contributed by atoms with Crippen molar-refractivity contribution in [1.82, 2.24) is 0 Å². The molecular weight excluding hydrogens is 709 g/mol. The fraction of sp³-hybridized carbons (Fsp3) is 0.373. The van der Waals surface area contributed by atoms with Crippen LogP contribution in [0.4, 0.5) is 0 Å². The molecule has 6 nitrogen and oxygen atoms in total. The second-order valence-corrected chi connectivity index (χ2v) is 17.2. The van der Waals surface area contributed by atoms with Gasteiger partial charge < -0.3 is 19.7 Å². The fourth-order valence-electron chi connectivity index (χ4n) is 7.71. The third-order valence-corrected chi connectivity index (χ3v) is 10.8. The Hall–Kier alpha value is -5.04. The number of hydrogen-bond acceptors (Lipinski definition) is 6.